The maximum atomic E-state index is 2.50. The van der Waals surface area contributed by atoms with Crippen molar-refractivity contribution in [1.29, 1.82) is 0 Å². The third-order valence-corrected chi connectivity index (χ3v) is 11.1. The van der Waals surface area contributed by atoms with Crippen LogP contribution >= 0.6 is 58.8 Å². The average Bonchev–Trinajstić information content (AvgIpc) is 2.86. The summed E-state index contributed by atoms with van der Waals surface area (Å²) < 4.78 is 0. The monoisotopic (exact) mass is 556 g/mol. The molecule has 4 aromatic carbocycles. The summed E-state index contributed by atoms with van der Waals surface area (Å²) in [5, 5.41) is 8.47. The fraction of sp³-hybridized carbons (Fsp3) is 0.400. The normalized spacial score (nSPS) is 11.8. The van der Waals surface area contributed by atoms with Crippen LogP contribution in [0.25, 0.3) is 32.3 Å². The molecule has 0 saturated carbocycles. The first kappa shape index (κ1) is 27.4. The quantitative estimate of drug-likeness (QED) is 0.133. The lowest BCUT2D eigenvalue weighted by molar-refractivity contribution is 1.09. The minimum atomic E-state index is 1.07. The number of hydrogen-bond donors (Lipinski definition) is 0. The van der Waals surface area contributed by atoms with Crippen molar-refractivity contribution in [1.82, 2.24) is 0 Å². The van der Waals surface area contributed by atoms with Gasteiger partial charge in [-0.15, -0.1) is 58.8 Å². The van der Waals surface area contributed by atoms with Crippen molar-refractivity contribution in [2.24, 2.45) is 0 Å². The van der Waals surface area contributed by atoms with Gasteiger partial charge in [0, 0.05) is 24.5 Å². The molecule has 0 saturated heterocycles. The van der Waals surface area contributed by atoms with Gasteiger partial charge in [0.2, 0.25) is 0 Å². The number of rotatable bonds is 11. The van der Waals surface area contributed by atoms with Crippen LogP contribution in [0.5, 0.6) is 0 Å². The highest BCUT2D eigenvalue weighted by atomic mass is 32.2. The van der Waals surface area contributed by atoms with Crippen LogP contribution in [0.1, 0.15) is 47.1 Å². The van der Waals surface area contributed by atoms with Crippen molar-refractivity contribution in [3.8, 4) is 0 Å². The Hall–Kier alpha value is -0.590. The van der Waals surface area contributed by atoms with E-state index in [4.69, 9.17) is 0 Å². The largest absolute Gasteiger partial charge is 0.126 e. The van der Waals surface area contributed by atoms with E-state index in [9.17, 15) is 0 Å². The van der Waals surface area contributed by atoms with Crippen LogP contribution < -0.4 is 0 Å². The molecule has 0 heterocycles. The van der Waals surface area contributed by atoms with Gasteiger partial charge < -0.3 is 0 Å². The van der Waals surface area contributed by atoms with E-state index < -0.39 is 0 Å². The first-order chi connectivity index (χ1) is 17.1. The molecule has 4 rings (SSSR count). The zero-order valence-corrected chi connectivity index (χ0v) is 25.8. The number of aryl methyl sites for hydroxylation is 1. The molecular weight excluding hydrogens is 521 g/mol. The van der Waals surface area contributed by atoms with Crippen molar-refractivity contribution in [2.45, 2.75) is 72.4 Å². The van der Waals surface area contributed by atoms with Crippen LogP contribution in [0.3, 0.4) is 0 Å². The second kappa shape index (κ2) is 12.8. The van der Waals surface area contributed by atoms with Crippen LogP contribution in [0.15, 0.2) is 60.9 Å². The molecule has 5 heteroatoms. The Bertz CT molecular complexity index is 1300. The van der Waals surface area contributed by atoms with Crippen LogP contribution in [0.2, 0.25) is 0 Å². The molecule has 0 bridgehead atoms. The van der Waals surface area contributed by atoms with Crippen molar-refractivity contribution < 1.29 is 0 Å². The summed E-state index contributed by atoms with van der Waals surface area (Å²) in [6.07, 6.45) is 1.07. The lowest BCUT2D eigenvalue weighted by Crippen LogP contribution is -1.93. The van der Waals surface area contributed by atoms with Gasteiger partial charge in [0.15, 0.2) is 0 Å². The Morgan fingerprint density at radius 2 is 0.629 bits per heavy atom. The smallest absolute Gasteiger partial charge is 0.0214 e. The SMILES string of the molecule is CCSc1cc2c(cc1CC)c1cc(SCC)c(SCC)cc1c1cc(SCC)c(SCC)cc21. The van der Waals surface area contributed by atoms with Gasteiger partial charge in [-0.2, -0.15) is 0 Å². The Morgan fingerprint density at radius 1 is 0.371 bits per heavy atom. The Morgan fingerprint density at radius 3 is 0.914 bits per heavy atom. The highest BCUT2D eigenvalue weighted by Gasteiger charge is 2.17. The molecule has 4 aromatic rings. The zero-order valence-electron chi connectivity index (χ0n) is 21.7. The van der Waals surface area contributed by atoms with Gasteiger partial charge in [0.25, 0.3) is 0 Å². The number of hydrogen-bond acceptors (Lipinski definition) is 5. The van der Waals surface area contributed by atoms with Crippen molar-refractivity contribution in [3.63, 3.8) is 0 Å². The average molecular weight is 557 g/mol. The van der Waals surface area contributed by atoms with Crippen LogP contribution in [0, 0.1) is 0 Å². The lowest BCUT2D eigenvalue weighted by Gasteiger charge is -2.19. The van der Waals surface area contributed by atoms with Crippen molar-refractivity contribution >= 4 is 91.1 Å². The summed E-state index contributed by atoms with van der Waals surface area (Å²) in [6, 6.07) is 15.0. The predicted molar refractivity (Wildman–Crippen MR) is 170 cm³/mol. The molecule has 0 aromatic heterocycles. The highest BCUT2D eigenvalue weighted by molar-refractivity contribution is 8.02. The summed E-state index contributed by atoms with van der Waals surface area (Å²) in [6.45, 7) is 13.6. The Kier molecular flexibility index (Phi) is 10.0. The summed E-state index contributed by atoms with van der Waals surface area (Å²) in [5.41, 5.74) is 1.48. The zero-order chi connectivity index (χ0) is 24.9. The first-order valence-corrected chi connectivity index (χ1v) is 17.7. The second-order valence-corrected chi connectivity index (χ2v) is 14.7. The predicted octanol–water partition coefficient (Wildman–Crippen LogP) is 11.3. The van der Waals surface area contributed by atoms with E-state index in [0.29, 0.717) is 0 Å². The molecule has 0 aliphatic heterocycles. The maximum Gasteiger partial charge on any atom is 0.0214 e. The fourth-order valence-corrected chi connectivity index (χ4v) is 9.18. The standard InChI is InChI=1S/C30H36S5/c1-7-19-13-20-21(14-26(19)31-8-2)23-16-28(33-10-4)30(35-12-6)18-25(23)24-17-29(34-11-5)27(32-9-3)15-22(20)24/h13-18H,7-12H2,1-6H3. The van der Waals surface area contributed by atoms with E-state index >= 15 is 0 Å². The van der Waals surface area contributed by atoms with Gasteiger partial charge in [0.1, 0.15) is 0 Å². The minimum Gasteiger partial charge on any atom is -0.126 e. The summed E-state index contributed by atoms with van der Waals surface area (Å²) >= 11 is 9.90. The van der Waals surface area contributed by atoms with Gasteiger partial charge in [0.05, 0.1) is 0 Å². The van der Waals surface area contributed by atoms with Crippen molar-refractivity contribution in [3.05, 3.63) is 42.0 Å². The van der Waals surface area contributed by atoms with Crippen LogP contribution in [-0.4, -0.2) is 28.8 Å². The van der Waals surface area contributed by atoms with E-state index in [1.165, 1.54) is 62.4 Å². The highest BCUT2D eigenvalue weighted by Crippen LogP contribution is 2.45. The Balaban J connectivity index is 2.21. The number of fused-ring (bicyclic) bond motifs is 6. The molecule has 0 nitrogen and oxygen atoms in total. The molecular formula is C30H36S5. The lowest BCUT2D eigenvalue weighted by atomic mass is 9.93. The molecule has 0 aliphatic rings. The summed E-state index contributed by atoms with van der Waals surface area (Å²) in [5.74, 6) is 5.49. The maximum absolute atomic E-state index is 2.50. The molecule has 0 aliphatic carbocycles. The fourth-order valence-electron chi connectivity index (χ4n) is 4.72. The molecule has 35 heavy (non-hydrogen) atoms. The summed E-state index contributed by atoms with van der Waals surface area (Å²) in [7, 11) is 0. The van der Waals surface area contributed by atoms with Crippen LogP contribution in [-0.2, 0) is 6.42 Å². The van der Waals surface area contributed by atoms with Crippen molar-refractivity contribution in [2.75, 3.05) is 28.8 Å². The van der Waals surface area contributed by atoms with E-state index in [1.54, 1.807) is 0 Å². The summed E-state index contributed by atoms with van der Waals surface area (Å²) in [4.78, 5) is 7.16. The molecule has 0 atom stereocenters. The third kappa shape index (κ3) is 5.65. The van der Waals surface area contributed by atoms with Gasteiger partial charge in [-0.3, -0.25) is 0 Å². The van der Waals surface area contributed by atoms with Gasteiger partial charge in [-0.25, -0.2) is 0 Å². The molecule has 0 amide bonds. The molecule has 0 unspecified atom stereocenters. The van der Waals surface area contributed by atoms with E-state index in [0.717, 1.165) is 35.2 Å². The molecule has 186 valence electrons. The second-order valence-electron chi connectivity index (χ2n) is 8.21. The third-order valence-electron chi connectivity index (χ3n) is 6.12. The van der Waals surface area contributed by atoms with Gasteiger partial charge in [-0.1, -0.05) is 41.5 Å². The topological polar surface area (TPSA) is 0 Å². The van der Waals surface area contributed by atoms with E-state index in [1.807, 2.05) is 58.8 Å². The van der Waals surface area contributed by atoms with E-state index in [-0.39, 0.29) is 0 Å². The van der Waals surface area contributed by atoms with Gasteiger partial charge in [-0.05, 0) is 109 Å². The van der Waals surface area contributed by atoms with E-state index in [2.05, 4.69) is 77.9 Å². The molecule has 0 fully saturated rings. The van der Waals surface area contributed by atoms with Gasteiger partial charge >= 0.3 is 0 Å². The Labute approximate surface area is 232 Å². The number of benzene rings is 4. The first-order valence-electron chi connectivity index (χ1n) is 12.8. The molecule has 0 radical (unpaired) electrons. The minimum absolute atomic E-state index is 1.07. The number of thioether (sulfide) groups is 5. The molecule has 0 N–H and O–H groups in total. The molecule has 0 spiro atoms. The van der Waals surface area contributed by atoms with Crippen LogP contribution in [0.4, 0.5) is 0 Å².